The Morgan fingerprint density at radius 2 is 2.00 bits per heavy atom. The van der Waals surface area contributed by atoms with E-state index in [1.165, 1.54) is 10.4 Å². The van der Waals surface area contributed by atoms with Crippen molar-refractivity contribution in [2.24, 2.45) is 4.99 Å². The number of rotatable bonds is 8. The van der Waals surface area contributed by atoms with Gasteiger partial charge < -0.3 is 15.4 Å². The maximum atomic E-state index is 5.68. The molecule has 0 radical (unpaired) electrons. The fourth-order valence-electron chi connectivity index (χ4n) is 2.42. The van der Waals surface area contributed by atoms with Crippen LogP contribution in [-0.2, 0) is 13.0 Å². The summed E-state index contributed by atoms with van der Waals surface area (Å²) in [4.78, 5) is 10.4. The third kappa shape index (κ3) is 6.05. The van der Waals surface area contributed by atoms with Gasteiger partial charge in [0.1, 0.15) is 10.8 Å². The molecule has 0 atom stereocenters. The van der Waals surface area contributed by atoms with E-state index in [-0.39, 0.29) is 0 Å². The van der Waals surface area contributed by atoms with Gasteiger partial charge in [0.15, 0.2) is 5.96 Å². The highest BCUT2D eigenvalue weighted by atomic mass is 32.1. The minimum Gasteiger partial charge on any atom is -0.494 e. The lowest BCUT2D eigenvalue weighted by atomic mass is 10.1. The first kappa shape index (κ1) is 19.2. The van der Waals surface area contributed by atoms with Crippen molar-refractivity contribution in [2.75, 3.05) is 19.7 Å². The molecule has 0 aliphatic carbocycles. The van der Waals surface area contributed by atoms with Crippen molar-refractivity contribution in [3.8, 4) is 5.75 Å². The molecule has 1 heterocycles. The van der Waals surface area contributed by atoms with Gasteiger partial charge in [0, 0.05) is 18.0 Å². The van der Waals surface area contributed by atoms with E-state index in [4.69, 9.17) is 4.74 Å². The number of aromatic nitrogens is 1. The molecule has 0 saturated carbocycles. The molecular formula is C19H28N4OS. The average Bonchev–Trinajstić information content (AvgIpc) is 2.92. The minimum atomic E-state index is 0.601. The number of hydrogen-bond acceptors (Lipinski definition) is 4. The van der Waals surface area contributed by atoms with Crippen molar-refractivity contribution in [2.45, 2.75) is 40.7 Å². The minimum absolute atomic E-state index is 0.601. The predicted molar refractivity (Wildman–Crippen MR) is 106 cm³/mol. The molecule has 2 rings (SSSR count). The van der Waals surface area contributed by atoms with E-state index in [0.29, 0.717) is 13.2 Å². The Morgan fingerprint density at radius 1 is 1.20 bits per heavy atom. The predicted octanol–water partition coefficient (Wildman–Crippen LogP) is 3.46. The second-order valence-electron chi connectivity index (χ2n) is 5.66. The van der Waals surface area contributed by atoms with Crippen LogP contribution in [0, 0.1) is 13.8 Å². The third-order valence-corrected chi connectivity index (χ3v) is 4.81. The lowest BCUT2D eigenvalue weighted by Crippen LogP contribution is -2.38. The molecule has 0 amide bonds. The molecule has 25 heavy (non-hydrogen) atoms. The molecule has 0 fully saturated rings. The second kappa shape index (κ2) is 10.0. The zero-order valence-electron chi connectivity index (χ0n) is 15.6. The van der Waals surface area contributed by atoms with Crippen molar-refractivity contribution in [1.29, 1.82) is 0 Å². The zero-order valence-corrected chi connectivity index (χ0v) is 16.4. The third-order valence-electron chi connectivity index (χ3n) is 3.75. The molecule has 0 aliphatic heterocycles. The Balaban J connectivity index is 1.92. The first-order valence-electron chi connectivity index (χ1n) is 8.79. The van der Waals surface area contributed by atoms with Crippen LogP contribution >= 0.6 is 11.3 Å². The first-order chi connectivity index (χ1) is 12.1. The van der Waals surface area contributed by atoms with Gasteiger partial charge in [-0.2, -0.15) is 0 Å². The van der Waals surface area contributed by atoms with Crippen molar-refractivity contribution in [1.82, 2.24) is 15.6 Å². The number of benzene rings is 1. The van der Waals surface area contributed by atoms with Gasteiger partial charge in [-0.15, -0.1) is 11.3 Å². The summed E-state index contributed by atoms with van der Waals surface area (Å²) in [7, 11) is 0. The van der Waals surface area contributed by atoms with Gasteiger partial charge in [-0.25, -0.2) is 9.98 Å². The molecule has 0 saturated heterocycles. The zero-order chi connectivity index (χ0) is 18.1. The quantitative estimate of drug-likeness (QED) is 0.559. The highest BCUT2D eigenvalue weighted by Crippen LogP contribution is 2.18. The summed E-state index contributed by atoms with van der Waals surface area (Å²) >= 11 is 1.71. The van der Waals surface area contributed by atoms with Crippen LogP contribution < -0.4 is 15.4 Å². The van der Waals surface area contributed by atoms with Crippen molar-refractivity contribution >= 4 is 17.3 Å². The second-order valence-corrected chi connectivity index (χ2v) is 6.95. The normalized spacial score (nSPS) is 11.4. The summed E-state index contributed by atoms with van der Waals surface area (Å²) in [6.07, 6.45) is 0.885. The van der Waals surface area contributed by atoms with E-state index in [1.807, 2.05) is 32.0 Å². The highest BCUT2D eigenvalue weighted by Gasteiger charge is 2.05. The summed E-state index contributed by atoms with van der Waals surface area (Å²) < 4.78 is 5.68. The Hall–Kier alpha value is -2.08. The number of hydrogen-bond donors (Lipinski definition) is 2. The van der Waals surface area contributed by atoms with Crippen LogP contribution in [0.3, 0.4) is 0 Å². The number of guanidine groups is 1. The van der Waals surface area contributed by atoms with E-state index in [0.717, 1.165) is 41.9 Å². The molecule has 1 aromatic carbocycles. The van der Waals surface area contributed by atoms with E-state index >= 15 is 0 Å². The number of aliphatic imine (C=N–C) groups is 1. The topological polar surface area (TPSA) is 58.5 Å². The molecule has 6 heteroatoms. The summed E-state index contributed by atoms with van der Waals surface area (Å²) in [5.41, 5.74) is 2.31. The standard InChI is InChI=1S/C19H28N4OS/c1-5-20-19(22-13-18-23-14(3)15(4)25-18)21-12-11-16-9-7-8-10-17(16)24-6-2/h7-10H,5-6,11-13H2,1-4H3,(H2,20,21,22). The van der Waals surface area contributed by atoms with Crippen molar-refractivity contribution in [3.05, 3.63) is 45.4 Å². The van der Waals surface area contributed by atoms with Crippen LogP contribution in [0.1, 0.15) is 35.0 Å². The lowest BCUT2D eigenvalue weighted by molar-refractivity contribution is 0.336. The van der Waals surface area contributed by atoms with Crippen LogP contribution in [0.25, 0.3) is 0 Å². The molecule has 5 nitrogen and oxygen atoms in total. The average molecular weight is 361 g/mol. The highest BCUT2D eigenvalue weighted by molar-refractivity contribution is 7.11. The molecule has 136 valence electrons. The van der Waals surface area contributed by atoms with Gasteiger partial charge in [-0.05, 0) is 45.7 Å². The van der Waals surface area contributed by atoms with Crippen LogP contribution in [0.2, 0.25) is 0 Å². The van der Waals surface area contributed by atoms with Crippen LogP contribution in [0.4, 0.5) is 0 Å². The number of nitrogens with zero attached hydrogens (tertiary/aromatic N) is 2. The maximum Gasteiger partial charge on any atom is 0.191 e. The van der Waals surface area contributed by atoms with Crippen LogP contribution in [-0.4, -0.2) is 30.6 Å². The van der Waals surface area contributed by atoms with E-state index in [1.54, 1.807) is 11.3 Å². The fraction of sp³-hybridized carbons (Fsp3) is 0.474. The van der Waals surface area contributed by atoms with Crippen molar-refractivity contribution in [3.63, 3.8) is 0 Å². The van der Waals surface area contributed by atoms with Crippen LogP contribution in [0.5, 0.6) is 5.75 Å². The molecular weight excluding hydrogens is 332 g/mol. The molecule has 0 bridgehead atoms. The van der Waals surface area contributed by atoms with Gasteiger partial charge in [-0.1, -0.05) is 18.2 Å². The van der Waals surface area contributed by atoms with Gasteiger partial charge in [0.25, 0.3) is 0 Å². The SMILES string of the molecule is CCNC(=NCc1nc(C)c(C)s1)NCCc1ccccc1OCC. The van der Waals surface area contributed by atoms with Gasteiger partial charge in [0.2, 0.25) is 0 Å². The number of ether oxygens (including phenoxy) is 1. The number of nitrogens with one attached hydrogen (secondary N) is 2. The summed E-state index contributed by atoms with van der Waals surface area (Å²) in [5, 5.41) is 7.73. The maximum absolute atomic E-state index is 5.68. The van der Waals surface area contributed by atoms with E-state index in [2.05, 4.69) is 40.5 Å². The molecule has 1 aromatic heterocycles. The monoisotopic (exact) mass is 360 g/mol. The van der Waals surface area contributed by atoms with Gasteiger partial charge >= 0.3 is 0 Å². The molecule has 2 N–H and O–H groups in total. The Labute approximate surface area is 154 Å². The van der Waals surface area contributed by atoms with Gasteiger partial charge in [0.05, 0.1) is 18.8 Å². The Bertz CT molecular complexity index is 677. The Kier molecular flexibility index (Phi) is 7.73. The first-order valence-corrected chi connectivity index (χ1v) is 9.61. The van der Waals surface area contributed by atoms with E-state index in [9.17, 15) is 0 Å². The molecule has 2 aromatic rings. The largest absolute Gasteiger partial charge is 0.494 e. The summed E-state index contributed by atoms with van der Waals surface area (Å²) in [5.74, 6) is 1.78. The van der Waals surface area contributed by atoms with Crippen molar-refractivity contribution < 1.29 is 4.74 Å². The molecule has 0 aliphatic rings. The smallest absolute Gasteiger partial charge is 0.191 e. The van der Waals surface area contributed by atoms with Gasteiger partial charge in [-0.3, -0.25) is 0 Å². The fourth-order valence-corrected chi connectivity index (χ4v) is 3.28. The summed E-state index contributed by atoms with van der Waals surface area (Å²) in [6.45, 7) is 11.1. The lowest BCUT2D eigenvalue weighted by Gasteiger charge is -2.13. The number of aryl methyl sites for hydroxylation is 2. The van der Waals surface area contributed by atoms with Crippen LogP contribution in [0.15, 0.2) is 29.3 Å². The number of para-hydroxylation sites is 1. The summed E-state index contributed by atoms with van der Waals surface area (Å²) in [6, 6.07) is 8.18. The number of thiazole rings is 1. The Morgan fingerprint density at radius 3 is 2.68 bits per heavy atom. The van der Waals surface area contributed by atoms with E-state index < -0.39 is 0 Å². The molecule has 0 unspecified atom stereocenters. The molecule has 0 spiro atoms.